The van der Waals surface area contributed by atoms with Crippen LogP contribution in [0.4, 0.5) is 5.69 Å². The van der Waals surface area contributed by atoms with Crippen molar-refractivity contribution in [3.05, 3.63) is 24.3 Å². The Labute approximate surface area is 147 Å². The standard InChI is InChI=1S/C19H24N2O2S/c1-13-12-24-17-7-3-2-6-16(17)21(13)19(23)15-5-4-10-20(11-15)18(22)14-8-9-14/h2-3,6-7,13-15H,4-5,8-12H2,1H3/t13-,15+/m1/s1. The van der Waals surface area contributed by atoms with Crippen LogP contribution in [0.3, 0.4) is 0 Å². The van der Waals surface area contributed by atoms with E-state index in [1.807, 2.05) is 39.8 Å². The predicted octanol–water partition coefficient (Wildman–Crippen LogP) is 3.16. The van der Waals surface area contributed by atoms with E-state index in [4.69, 9.17) is 0 Å². The number of hydrogen-bond acceptors (Lipinski definition) is 3. The SMILES string of the molecule is C[C@@H]1CSc2ccccc2N1C(=O)[C@H]1CCCN(C(=O)C2CC2)C1. The number of amides is 2. The summed E-state index contributed by atoms with van der Waals surface area (Å²) in [5.74, 6) is 1.59. The molecular formula is C19H24N2O2S. The maximum Gasteiger partial charge on any atom is 0.232 e. The summed E-state index contributed by atoms with van der Waals surface area (Å²) in [4.78, 5) is 30.7. The highest BCUT2D eigenvalue weighted by Crippen LogP contribution is 2.39. The number of hydrogen-bond donors (Lipinski definition) is 0. The summed E-state index contributed by atoms with van der Waals surface area (Å²) in [7, 11) is 0. The zero-order valence-corrected chi connectivity index (χ0v) is 14.9. The first-order valence-corrected chi connectivity index (χ1v) is 9.97. The molecule has 4 nitrogen and oxygen atoms in total. The minimum Gasteiger partial charge on any atom is -0.342 e. The largest absolute Gasteiger partial charge is 0.342 e. The average molecular weight is 344 g/mol. The van der Waals surface area contributed by atoms with Crippen molar-refractivity contribution >= 4 is 29.3 Å². The fraction of sp³-hybridized carbons (Fsp3) is 0.579. The van der Waals surface area contributed by atoms with E-state index in [9.17, 15) is 9.59 Å². The lowest BCUT2D eigenvalue weighted by Gasteiger charge is -2.39. The van der Waals surface area contributed by atoms with Crippen molar-refractivity contribution < 1.29 is 9.59 Å². The molecule has 1 saturated carbocycles. The molecule has 2 amide bonds. The third-order valence-corrected chi connectivity index (χ3v) is 6.60. The van der Waals surface area contributed by atoms with Gasteiger partial charge in [0.25, 0.3) is 0 Å². The second-order valence-corrected chi connectivity index (χ2v) is 8.30. The van der Waals surface area contributed by atoms with Gasteiger partial charge in [-0.1, -0.05) is 12.1 Å². The molecule has 1 aromatic rings. The summed E-state index contributed by atoms with van der Waals surface area (Å²) in [6.07, 6.45) is 3.89. The Morgan fingerprint density at radius 3 is 2.67 bits per heavy atom. The summed E-state index contributed by atoms with van der Waals surface area (Å²) in [5.41, 5.74) is 1.04. The maximum atomic E-state index is 13.3. The van der Waals surface area contributed by atoms with Crippen molar-refractivity contribution in [3.8, 4) is 0 Å². The molecule has 0 bridgehead atoms. The van der Waals surface area contributed by atoms with Gasteiger partial charge in [0.2, 0.25) is 11.8 Å². The highest BCUT2D eigenvalue weighted by atomic mass is 32.2. The van der Waals surface area contributed by atoms with E-state index in [2.05, 4.69) is 13.0 Å². The quantitative estimate of drug-likeness (QED) is 0.827. The molecule has 2 fully saturated rings. The van der Waals surface area contributed by atoms with E-state index in [0.717, 1.165) is 43.7 Å². The molecule has 24 heavy (non-hydrogen) atoms. The normalized spacial score (nSPS) is 26.9. The van der Waals surface area contributed by atoms with Crippen LogP contribution < -0.4 is 4.90 Å². The lowest BCUT2D eigenvalue weighted by Crippen LogP contribution is -2.51. The van der Waals surface area contributed by atoms with Crippen LogP contribution in [0.15, 0.2) is 29.2 Å². The Morgan fingerprint density at radius 2 is 1.88 bits per heavy atom. The van der Waals surface area contributed by atoms with Gasteiger partial charge in [-0.2, -0.15) is 0 Å². The molecule has 3 aliphatic rings. The summed E-state index contributed by atoms with van der Waals surface area (Å²) in [5, 5.41) is 0. The molecule has 1 aliphatic carbocycles. The number of piperidine rings is 1. The van der Waals surface area contributed by atoms with E-state index in [0.29, 0.717) is 6.54 Å². The number of anilines is 1. The summed E-state index contributed by atoms with van der Waals surface area (Å²) in [6, 6.07) is 8.37. The molecule has 128 valence electrons. The Kier molecular flexibility index (Phi) is 4.29. The van der Waals surface area contributed by atoms with Crippen molar-refractivity contribution in [2.24, 2.45) is 11.8 Å². The van der Waals surface area contributed by atoms with Gasteiger partial charge in [0.1, 0.15) is 0 Å². The van der Waals surface area contributed by atoms with Gasteiger partial charge in [0.15, 0.2) is 0 Å². The summed E-state index contributed by atoms with van der Waals surface area (Å²) in [6.45, 7) is 3.55. The molecule has 1 saturated heterocycles. The van der Waals surface area contributed by atoms with E-state index in [1.54, 1.807) is 0 Å². The minimum atomic E-state index is -0.0555. The summed E-state index contributed by atoms with van der Waals surface area (Å²) >= 11 is 1.82. The lowest BCUT2D eigenvalue weighted by atomic mass is 9.95. The van der Waals surface area contributed by atoms with Crippen molar-refractivity contribution in [1.82, 2.24) is 4.90 Å². The highest BCUT2D eigenvalue weighted by molar-refractivity contribution is 7.99. The zero-order valence-electron chi connectivity index (χ0n) is 14.1. The van der Waals surface area contributed by atoms with Gasteiger partial charge in [-0.15, -0.1) is 11.8 Å². The highest BCUT2D eigenvalue weighted by Gasteiger charge is 2.39. The number of benzene rings is 1. The van der Waals surface area contributed by atoms with Crippen LogP contribution in [0.25, 0.3) is 0 Å². The first-order valence-electron chi connectivity index (χ1n) is 8.99. The number of likely N-dealkylation sites (tertiary alicyclic amines) is 1. The van der Waals surface area contributed by atoms with Gasteiger partial charge < -0.3 is 9.80 Å². The Balaban J connectivity index is 1.53. The van der Waals surface area contributed by atoms with Crippen LogP contribution in [0.1, 0.15) is 32.6 Å². The van der Waals surface area contributed by atoms with Crippen LogP contribution in [-0.2, 0) is 9.59 Å². The Morgan fingerprint density at radius 1 is 1.08 bits per heavy atom. The monoisotopic (exact) mass is 344 g/mol. The molecule has 2 heterocycles. The zero-order chi connectivity index (χ0) is 16.7. The Bertz CT molecular complexity index is 659. The first-order chi connectivity index (χ1) is 11.6. The molecule has 0 aromatic heterocycles. The second kappa shape index (κ2) is 6.43. The molecule has 4 rings (SSSR count). The molecule has 1 aromatic carbocycles. The molecule has 5 heteroatoms. The molecular weight excluding hydrogens is 320 g/mol. The fourth-order valence-corrected chi connectivity index (χ4v) is 4.86. The van der Waals surface area contributed by atoms with Gasteiger partial charge in [0.05, 0.1) is 11.6 Å². The molecule has 2 atom stereocenters. The predicted molar refractivity (Wildman–Crippen MR) is 96.1 cm³/mol. The lowest BCUT2D eigenvalue weighted by molar-refractivity contribution is -0.136. The van der Waals surface area contributed by atoms with Crippen LogP contribution in [0.2, 0.25) is 0 Å². The maximum absolute atomic E-state index is 13.3. The molecule has 0 radical (unpaired) electrons. The third kappa shape index (κ3) is 2.94. The van der Waals surface area contributed by atoms with Crippen molar-refractivity contribution in [3.63, 3.8) is 0 Å². The second-order valence-electron chi connectivity index (χ2n) is 7.23. The summed E-state index contributed by atoms with van der Waals surface area (Å²) < 4.78 is 0. The van der Waals surface area contributed by atoms with Crippen LogP contribution >= 0.6 is 11.8 Å². The molecule has 0 unspecified atom stereocenters. The van der Waals surface area contributed by atoms with Crippen LogP contribution in [-0.4, -0.2) is 41.6 Å². The van der Waals surface area contributed by atoms with E-state index < -0.39 is 0 Å². The van der Waals surface area contributed by atoms with Gasteiger partial charge in [-0.25, -0.2) is 0 Å². The topological polar surface area (TPSA) is 40.6 Å². The number of para-hydroxylation sites is 1. The van der Waals surface area contributed by atoms with Crippen LogP contribution in [0, 0.1) is 11.8 Å². The Hall–Kier alpha value is -1.49. The number of rotatable bonds is 2. The van der Waals surface area contributed by atoms with Gasteiger partial charge in [0, 0.05) is 35.7 Å². The van der Waals surface area contributed by atoms with Gasteiger partial charge in [-0.05, 0) is 44.7 Å². The molecule has 2 aliphatic heterocycles. The smallest absolute Gasteiger partial charge is 0.232 e. The van der Waals surface area contributed by atoms with E-state index in [-0.39, 0.29) is 29.7 Å². The molecule has 0 N–H and O–H groups in total. The average Bonchev–Trinajstić information content (AvgIpc) is 3.46. The van der Waals surface area contributed by atoms with E-state index in [1.165, 1.54) is 4.90 Å². The fourth-order valence-electron chi connectivity index (χ4n) is 3.80. The number of carbonyl (C=O) groups excluding carboxylic acids is 2. The van der Waals surface area contributed by atoms with E-state index >= 15 is 0 Å². The third-order valence-electron chi connectivity index (χ3n) is 5.29. The number of fused-ring (bicyclic) bond motifs is 1. The van der Waals surface area contributed by atoms with Gasteiger partial charge >= 0.3 is 0 Å². The van der Waals surface area contributed by atoms with Crippen LogP contribution in [0.5, 0.6) is 0 Å². The minimum absolute atomic E-state index is 0.0555. The first kappa shape index (κ1) is 16.0. The number of nitrogens with zero attached hydrogens (tertiary/aromatic N) is 2. The van der Waals surface area contributed by atoms with Crippen molar-refractivity contribution in [1.29, 1.82) is 0 Å². The number of thioether (sulfide) groups is 1. The number of carbonyl (C=O) groups is 2. The van der Waals surface area contributed by atoms with Crippen molar-refractivity contribution in [2.75, 3.05) is 23.7 Å². The van der Waals surface area contributed by atoms with Crippen molar-refractivity contribution in [2.45, 2.75) is 43.5 Å². The molecule has 0 spiro atoms. The van der Waals surface area contributed by atoms with Gasteiger partial charge in [-0.3, -0.25) is 9.59 Å².